The van der Waals surface area contributed by atoms with Crippen molar-refractivity contribution >= 4 is 11.0 Å². The Morgan fingerprint density at radius 3 is 2.59 bits per heavy atom. The Labute approximate surface area is 121 Å². The predicted octanol–water partition coefficient (Wildman–Crippen LogP) is 3.75. The largest absolute Gasteiger partial charge is 0.416 e. The van der Waals surface area contributed by atoms with Crippen molar-refractivity contribution in [3.8, 4) is 11.3 Å². The fourth-order valence-electron chi connectivity index (χ4n) is 2.13. The molecule has 0 unspecified atom stereocenters. The number of nitrogens with one attached hydrogen (secondary N) is 1. The number of halogens is 4. The van der Waals surface area contributed by atoms with Crippen molar-refractivity contribution < 1.29 is 17.6 Å². The van der Waals surface area contributed by atoms with Gasteiger partial charge in [-0.15, -0.1) is 0 Å². The summed E-state index contributed by atoms with van der Waals surface area (Å²) in [5, 5.41) is 0.277. The molecule has 7 heteroatoms. The maximum Gasteiger partial charge on any atom is 0.416 e. The van der Waals surface area contributed by atoms with Crippen LogP contribution >= 0.6 is 0 Å². The lowest BCUT2D eigenvalue weighted by Gasteiger charge is -2.10. The topological polar surface area (TPSA) is 45.8 Å². The summed E-state index contributed by atoms with van der Waals surface area (Å²) in [6.07, 6.45) is -3.18. The lowest BCUT2D eigenvalue weighted by atomic mass is 10.1. The molecule has 0 aliphatic heterocycles. The van der Waals surface area contributed by atoms with Crippen LogP contribution in [-0.2, 0) is 6.18 Å². The summed E-state index contributed by atoms with van der Waals surface area (Å²) in [7, 11) is 0. The molecular weight excluding hydrogens is 300 g/mol. The Hall–Kier alpha value is -2.70. The van der Waals surface area contributed by atoms with Crippen molar-refractivity contribution in [3.63, 3.8) is 0 Å². The zero-order valence-electron chi connectivity index (χ0n) is 10.9. The van der Waals surface area contributed by atoms with Gasteiger partial charge >= 0.3 is 6.18 Å². The Morgan fingerprint density at radius 2 is 1.86 bits per heavy atom. The van der Waals surface area contributed by atoms with Crippen molar-refractivity contribution in [3.05, 3.63) is 64.2 Å². The molecule has 0 saturated carbocycles. The molecule has 1 aromatic carbocycles. The van der Waals surface area contributed by atoms with E-state index in [1.54, 1.807) is 6.07 Å². The molecule has 3 aromatic rings. The van der Waals surface area contributed by atoms with Crippen LogP contribution in [0.25, 0.3) is 22.3 Å². The quantitative estimate of drug-likeness (QED) is 0.696. The van der Waals surface area contributed by atoms with Crippen LogP contribution in [0.5, 0.6) is 0 Å². The van der Waals surface area contributed by atoms with Gasteiger partial charge < -0.3 is 4.98 Å². The van der Waals surface area contributed by atoms with Gasteiger partial charge in [-0.1, -0.05) is 0 Å². The SMILES string of the molecule is O=c1cc(-c2cc(C(F)(F)F)ccc2F)[nH]c2ncccc12. The van der Waals surface area contributed by atoms with Crippen LogP contribution in [0.1, 0.15) is 5.56 Å². The second kappa shape index (κ2) is 4.94. The summed E-state index contributed by atoms with van der Waals surface area (Å²) in [4.78, 5) is 18.6. The lowest BCUT2D eigenvalue weighted by molar-refractivity contribution is -0.137. The van der Waals surface area contributed by atoms with E-state index in [1.165, 1.54) is 12.3 Å². The van der Waals surface area contributed by atoms with Gasteiger partial charge in [-0.3, -0.25) is 4.79 Å². The predicted molar refractivity (Wildman–Crippen MR) is 72.8 cm³/mol. The van der Waals surface area contributed by atoms with Crippen LogP contribution in [0.4, 0.5) is 17.6 Å². The highest BCUT2D eigenvalue weighted by molar-refractivity contribution is 5.78. The molecule has 3 rings (SSSR count). The van der Waals surface area contributed by atoms with E-state index < -0.39 is 23.0 Å². The van der Waals surface area contributed by atoms with E-state index >= 15 is 0 Å². The van der Waals surface area contributed by atoms with Crippen LogP contribution in [0.3, 0.4) is 0 Å². The molecule has 0 aliphatic rings. The fourth-order valence-corrected chi connectivity index (χ4v) is 2.13. The summed E-state index contributed by atoms with van der Waals surface area (Å²) in [5.41, 5.74) is -1.65. The molecule has 2 aromatic heterocycles. The van der Waals surface area contributed by atoms with E-state index in [9.17, 15) is 22.4 Å². The number of H-pyrrole nitrogens is 1. The first-order valence-corrected chi connectivity index (χ1v) is 6.21. The minimum atomic E-state index is -4.60. The van der Waals surface area contributed by atoms with Gasteiger partial charge in [0.1, 0.15) is 11.5 Å². The van der Waals surface area contributed by atoms with Crippen LogP contribution in [-0.4, -0.2) is 9.97 Å². The smallest absolute Gasteiger partial charge is 0.339 e. The standard InChI is InChI=1S/C15H8F4N2O/c16-11-4-3-8(15(17,18)19)6-10(11)12-7-13(22)9-2-1-5-20-14(9)21-12/h1-7H,(H,20,21,22). The third kappa shape index (κ3) is 2.45. The van der Waals surface area contributed by atoms with Gasteiger partial charge in [0.15, 0.2) is 5.43 Å². The monoisotopic (exact) mass is 308 g/mol. The molecule has 0 fully saturated rings. The summed E-state index contributed by atoms with van der Waals surface area (Å²) in [6.45, 7) is 0. The van der Waals surface area contributed by atoms with Crippen LogP contribution in [0.15, 0.2) is 47.4 Å². The number of alkyl halides is 3. The second-order valence-electron chi connectivity index (χ2n) is 4.64. The van der Waals surface area contributed by atoms with Gasteiger partial charge in [0.25, 0.3) is 0 Å². The number of aromatic nitrogens is 2. The van der Waals surface area contributed by atoms with E-state index in [1.807, 2.05) is 0 Å². The minimum Gasteiger partial charge on any atom is -0.339 e. The van der Waals surface area contributed by atoms with Gasteiger partial charge in [0.05, 0.1) is 16.6 Å². The maximum absolute atomic E-state index is 13.9. The molecule has 0 saturated heterocycles. The number of rotatable bonds is 1. The maximum atomic E-state index is 13.9. The molecule has 0 spiro atoms. The van der Waals surface area contributed by atoms with E-state index in [-0.39, 0.29) is 22.3 Å². The number of nitrogens with zero attached hydrogens (tertiary/aromatic N) is 1. The van der Waals surface area contributed by atoms with E-state index in [0.29, 0.717) is 12.1 Å². The Morgan fingerprint density at radius 1 is 1.09 bits per heavy atom. The molecule has 0 atom stereocenters. The highest BCUT2D eigenvalue weighted by atomic mass is 19.4. The molecule has 2 heterocycles. The minimum absolute atomic E-state index is 0.0557. The van der Waals surface area contributed by atoms with E-state index in [4.69, 9.17) is 0 Å². The molecule has 0 aliphatic carbocycles. The normalized spacial score (nSPS) is 11.8. The molecule has 0 radical (unpaired) electrons. The number of hydrogen-bond donors (Lipinski definition) is 1. The molecule has 3 nitrogen and oxygen atoms in total. The Kier molecular flexibility index (Phi) is 3.20. The van der Waals surface area contributed by atoms with Crippen molar-refractivity contribution in [1.82, 2.24) is 9.97 Å². The van der Waals surface area contributed by atoms with E-state index in [0.717, 1.165) is 12.1 Å². The Balaban J connectivity index is 2.25. The average molecular weight is 308 g/mol. The molecule has 0 bridgehead atoms. The number of fused-ring (bicyclic) bond motifs is 1. The van der Waals surface area contributed by atoms with E-state index in [2.05, 4.69) is 9.97 Å². The van der Waals surface area contributed by atoms with Crippen molar-refractivity contribution in [1.29, 1.82) is 0 Å². The van der Waals surface area contributed by atoms with Crippen molar-refractivity contribution in [2.75, 3.05) is 0 Å². The highest BCUT2D eigenvalue weighted by Crippen LogP contribution is 2.33. The third-order valence-electron chi connectivity index (χ3n) is 3.19. The van der Waals surface area contributed by atoms with Crippen molar-refractivity contribution in [2.24, 2.45) is 0 Å². The zero-order valence-corrected chi connectivity index (χ0v) is 10.9. The molecule has 112 valence electrons. The summed E-state index contributed by atoms with van der Waals surface area (Å²) < 4.78 is 52.1. The lowest BCUT2D eigenvalue weighted by Crippen LogP contribution is -2.07. The number of benzene rings is 1. The van der Waals surface area contributed by atoms with Gasteiger partial charge in [-0.2, -0.15) is 13.2 Å². The van der Waals surface area contributed by atoms with Gasteiger partial charge in [0.2, 0.25) is 0 Å². The summed E-state index contributed by atoms with van der Waals surface area (Å²) in [6, 6.07) is 6.17. The fraction of sp³-hybridized carbons (Fsp3) is 0.0667. The molecule has 1 N–H and O–H groups in total. The second-order valence-corrected chi connectivity index (χ2v) is 4.64. The first kappa shape index (κ1) is 14.2. The first-order valence-electron chi connectivity index (χ1n) is 6.21. The molecule has 0 amide bonds. The van der Waals surface area contributed by atoms with Gasteiger partial charge in [-0.05, 0) is 30.3 Å². The number of pyridine rings is 2. The number of aromatic amines is 1. The zero-order chi connectivity index (χ0) is 15.9. The molecule has 22 heavy (non-hydrogen) atoms. The van der Waals surface area contributed by atoms with Crippen molar-refractivity contribution in [2.45, 2.75) is 6.18 Å². The first-order chi connectivity index (χ1) is 10.4. The highest BCUT2D eigenvalue weighted by Gasteiger charge is 2.31. The third-order valence-corrected chi connectivity index (χ3v) is 3.19. The molecular formula is C15H8F4N2O. The van der Waals surface area contributed by atoms with Gasteiger partial charge in [0, 0.05) is 17.8 Å². The summed E-state index contributed by atoms with van der Waals surface area (Å²) in [5.74, 6) is -0.862. The average Bonchev–Trinajstić information content (AvgIpc) is 2.46. The van der Waals surface area contributed by atoms with Crippen LogP contribution in [0.2, 0.25) is 0 Å². The number of hydrogen-bond acceptors (Lipinski definition) is 2. The van der Waals surface area contributed by atoms with Crippen LogP contribution in [0, 0.1) is 5.82 Å². The van der Waals surface area contributed by atoms with Crippen LogP contribution < -0.4 is 5.43 Å². The Bertz CT molecular complexity index is 915. The summed E-state index contributed by atoms with van der Waals surface area (Å²) >= 11 is 0. The van der Waals surface area contributed by atoms with Gasteiger partial charge in [-0.25, -0.2) is 9.37 Å².